The minimum Gasteiger partial charge on any atom is -0.369 e. The van der Waals surface area contributed by atoms with Gasteiger partial charge in [-0.1, -0.05) is 24.3 Å². The molecule has 14 heavy (non-hydrogen) atoms. The predicted molar refractivity (Wildman–Crippen MR) is 48.9 cm³/mol. The number of benzene rings is 1. The van der Waals surface area contributed by atoms with Crippen LogP contribution in [0.15, 0.2) is 24.3 Å². The highest BCUT2D eigenvalue weighted by molar-refractivity contribution is 5.76. The largest absolute Gasteiger partial charge is 0.369 e. The topological polar surface area (TPSA) is 43.1 Å². The molecule has 0 fully saturated rings. The van der Waals surface area contributed by atoms with E-state index in [0.717, 1.165) is 6.92 Å². The van der Waals surface area contributed by atoms with Crippen molar-refractivity contribution in [2.75, 3.05) is 0 Å². The Morgan fingerprint density at radius 1 is 1.36 bits per heavy atom. The zero-order chi connectivity index (χ0) is 10.8. The minimum atomic E-state index is -2.84. The Bertz CT molecular complexity index is 327. The molecule has 0 aliphatic carbocycles. The SMILES string of the molecule is CC(F)(F)c1ccc(CC(N)=O)cc1. The first-order valence-corrected chi connectivity index (χ1v) is 4.15. The number of primary amides is 1. The molecule has 0 heterocycles. The summed E-state index contributed by atoms with van der Waals surface area (Å²) in [6.45, 7) is 0.829. The van der Waals surface area contributed by atoms with E-state index in [1.165, 1.54) is 24.3 Å². The summed E-state index contributed by atoms with van der Waals surface area (Å²) in [7, 11) is 0. The van der Waals surface area contributed by atoms with Gasteiger partial charge in [0.2, 0.25) is 5.91 Å². The second kappa shape index (κ2) is 3.74. The molecule has 2 N–H and O–H groups in total. The summed E-state index contributed by atoms with van der Waals surface area (Å²) in [5, 5.41) is 0. The Balaban J connectivity index is 2.84. The van der Waals surface area contributed by atoms with Gasteiger partial charge in [0.05, 0.1) is 6.42 Å². The first-order valence-electron chi connectivity index (χ1n) is 4.15. The van der Waals surface area contributed by atoms with Crippen molar-refractivity contribution in [1.82, 2.24) is 0 Å². The van der Waals surface area contributed by atoms with Crippen molar-refractivity contribution >= 4 is 5.91 Å². The number of nitrogens with two attached hydrogens (primary N) is 1. The molecule has 1 rings (SSSR count). The molecule has 0 atom stereocenters. The molecule has 1 aromatic rings. The van der Waals surface area contributed by atoms with Crippen molar-refractivity contribution in [2.45, 2.75) is 19.3 Å². The molecular formula is C10H11F2NO. The van der Waals surface area contributed by atoms with Gasteiger partial charge in [-0.05, 0) is 5.56 Å². The summed E-state index contributed by atoms with van der Waals surface area (Å²) in [5.74, 6) is -3.31. The first kappa shape index (κ1) is 10.6. The van der Waals surface area contributed by atoms with Gasteiger partial charge in [0.25, 0.3) is 5.92 Å². The van der Waals surface area contributed by atoms with E-state index in [4.69, 9.17) is 5.73 Å². The number of hydrogen-bond donors (Lipinski definition) is 1. The summed E-state index contributed by atoms with van der Waals surface area (Å²) in [5.41, 5.74) is 5.54. The zero-order valence-corrected chi connectivity index (χ0v) is 7.76. The molecule has 0 spiro atoms. The minimum absolute atomic E-state index is 0.0641. The average Bonchev–Trinajstić information content (AvgIpc) is 2.02. The summed E-state index contributed by atoms with van der Waals surface area (Å²) in [6, 6.07) is 5.57. The van der Waals surface area contributed by atoms with Crippen molar-refractivity contribution in [3.8, 4) is 0 Å². The normalized spacial score (nSPS) is 11.4. The second-order valence-electron chi connectivity index (χ2n) is 3.23. The van der Waals surface area contributed by atoms with Gasteiger partial charge in [-0.15, -0.1) is 0 Å². The Morgan fingerprint density at radius 2 is 1.86 bits per heavy atom. The highest BCUT2D eigenvalue weighted by Crippen LogP contribution is 2.26. The maximum absolute atomic E-state index is 12.8. The van der Waals surface area contributed by atoms with E-state index in [2.05, 4.69) is 0 Å². The molecule has 0 aliphatic heterocycles. The van der Waals surface area contributed by atoms with Crippen LogP contribution in [-0.2, 0) is 17.1 Å². The third-order valence-electron chi connectivity index (χ3n) is 1.84. The number of amides is 1. The van der Waals surface area contributed by atoms with Crippen molar-refractivity contribution in [3.05, 3.63) is 35.4 Å². The van der Waals surface area contributed by atoms with Crippen LogP contribution in [0.2, 0.25) is 0 Å². The van der Waals surface area contributed by atoms with E-state index in [9.17, 15) is 13.6 Å². The molecule has 0 saturated heterocycles. The summed E-state index contributed by atoms with van der Waals surface area (Å²) >= 11 is 0. The van der Waals surface area contributed by atoms with E-state index in [-0.39, 0.29) is 12.0 Å². The molecule has 0 radical (unpaired) electrons. The van der Waals surface area contributed by atoms with Gasteiger partial charge in [0, 0.05) is 12.5 Å². The Morgan fingerprint density at radius 3 is 2.21 bits per heavy atom. The molecule has 0 bridgehead atoms. The van der Waals surface area contributed by atoms with Crippen LogP contribution >= 0.6 is 0 Å². The van der Waals surface area contributed by atoms with Gasteiger partial charge in [0.15, 0.2) is 0 Å². The van der Waals surface area contributed by atoms with Gasteiger partial charge in [-0.2, -0.15) is 0 Å². The number of alkyl halides is 2. The molecule has 4 heteroatoms. The molecule has 0 aromatic heterocycles. The van der Waals surface area contributed by atoms with Crippen molar-refractivity contribution in [3.63, 3.8) is 0 Å². The van der Waals surface area contributed by atoms with Crippen LogP contribution < -0.4 is 5.73 Å². The predicted octanol–water partition coefficient (Wildman–Crippen LogP) is 1.83. The van der Waals surface area contributed by atoms with Crippen molar-refractivity contribution < 1.29 is 13.6 Å². The Labute approximate surface area is 80.7 Å². The van der Waals surface area contributed by atoms with Crippen LogP contribution in [0, 0.1) is 0 Å². The third kappa shape index (κ3) is 2.80. The Hall–Kier alpha value is -1.45. The molecule has 1 amide bonds. The number of hydrogen-bond acceptors (Lipinski definition) is 1. The van der Waals surface area contributed by atoms with E-state index in [1.54, 1.807) is 0 Å². The number of carbonyl (C=O) groups is 1. The van der Waals surface area contributed by atoms with Crippen LogP contribution in [0.25, 0.3) is 0 Å². The van der Waals surface area contributed by atoms with Crippen LogP contribution in [0.3, 0.4) is 0 Å². The van der Waals surface area contributed by atoms with Gasteiger partial charge < -0.3 is 5.73 Å². The van der Waals surface area contributed by atoms with E-state index in [1.807, 2.05) is 0 Å². The molecule has 0 saturated carbocycles. The summed E-state index contributed by atoms with van der Waals surface area (Å²) in [4.78, 5) is 10.5. The van der Waals surface area contributed by atoms with Gasteiger partial charge in [0.1, 0.15) is 0 Å². The van der Waals surface area contributed by atoms with Gasteiger partial charge in [-0.25, -0.2) is 8.78 Å². The quantitative estimate of drug-likeness (QED) is 0.792. The van der Waals surface area contributed by atoms with E-state index in [0.29, 0.717) is 5.56 Å². The van der Waals surface area contributed by atoms with Crippen LogP contribution in [0.1, 0.15) is 18.1 Å². The maximum Gasteiger partial charge on any atom is 0.270 e. The summed E-state index contributed by atoms with van der Waals surface area (Å²) < 4.78 is 25.5. The molecule has 0 aliphatic rings. The average molecular weight is 199 g/mol. The fourth-order valence-electron chi connectivity index (χ4n) is 1.12. The number of carbonyl (C=O) groups excluding carboxylic acids is 1. The van der Waals surface area contributed by atoms with Gasteiger partial charge >= 0.3 is 0 Å². The lowest BCUT2D eigenvalue weighted by Gasteiger charge is -2.10. The maximum atomic E-state index is 12.8. The Kier molecular flexibility index (Phi) is 2.84. The smallest absolute Gasteiger partial charge is 0.270 e. The lowest BCUT2D eigenvalue weighted by Crippen LogP contribution is -2.14. The highest BCUT2D eigenvalue weighted by atomic mass is 19.3. The molecule has 2 nitrogen and oxygen atoms in total. The van der Waals surface area contributed by atoms with Crippen LogP contribution in [-0.4, -0.2) is 5.91 Å². The van der Waals surface area contributed by atoms with E-state index >= 15 is 0 Å². The first-order chi connectivity index (χ1) is 6.39. The zero-order valence-electron chi connectivity index (χ0n) is 7.76. The van der Waals surface area contributed by atoms with Crippen molar-refractivity contribution in [1.29, 1.82) is 0 Å². The monoisotopic (exact) mass is 199 g/mol. The standard InChI is InChI=1S/C10H11F2NO/c1-10(11,12)8-4-2-7(3-5-8)6-9(13)14/h2-5H,6H2,1H3,(H2,13,14). The number of halogens is 2. The molecule has 0 unspecified atom stereocenters. The molecular weight excluding hydrogens is 188 g/mol. The fourth-order valence-corrected chi connectivity index (χ4v) is 1.12. The molecule has 1 aromatic carbocycles. The van der Waals surface area contributed by atoms with Crippen LogP contribution in [0.5, 0.6) is 0 Å². The lowest BCUT2D eigenvalue weighted by atomic mass is 10.1. The lowest BCUT2D eigenvalue weighted by molar-refractivity contribution is -0.117. The van der Waals surface area contributed by atoms with E-state index < -0.39 is 11.8 Å². The fraction of sp³-hybridized carbons (Fsp3) is 0.300. The van der Waals surface area contributed by atoms with Gasteiger partial charge in [-0.3, -0.25) is 4.79 Å². The third-order valence-corrected chi connectivity index (χ3v) is 1.84. The molecule has 76 valence electrons. The number of rotatable bonds is 3. The van der Waals surface area contributed by atoms with Crippen LogP contribution in [0.4, 0.5) is 8.78 Å². The van der Waals surface area contributed by atoms with Crippen molar-refractivity contribution in [2.24, 2.45) is 5.73 Å². The summed E-state index contributed by atoms with van der Waals surface area (Å²) in [6.07, 6.45) is 0.0789. The second-order valence-corrected chi connectivity index (χ2v) is 3.23. The highest BCUT2D eigenvalue weighted by Gasteiger charge is 2.23.